The molecule has 1 N–H and O–H groups in total. The van der Waals surface area contributed by atoms with E-state index in [-0.39, 0.29) is 12.1 Å². The summed E-state index contributed by atoms with van der Waals surface area (Å²) in [4.78, 5) is 14.0. The van der Waals surface area contributed by atoms with Gasteiger partial charge in [0.05, 0.1) is 46.1 Å². The topological polar surface area (TPSA) is 69.3 Å². The molecular formula is C16H24N2O5. The van der Waals surface area contributed by atoms with Gasteiger partial charge in [0.25, 0.3) is 0 Å². The van der Waals surface area contributed by atoms with Gasteiger partial charge in [-0.2, -0.15) is 0 Å². The lowest BCUT2D eigenvalue weighted by molar-refractivity contribution is -0.00353. The molecule has 0 radical (unpaired) electrons. The number of rotatable bonds is 5. The number of nitrogens with zero attached hydrogens (tertiary/aromatic N) is 1. The minimum absolute atomic E-state index is 0.0551. The Hall–Kier alpha value is -2.15. The molecule has 0 aromatic heterocycles. The molecule has 0 unspecified atom stereocenters. The molecule has 1 atom stereocenters. The van der Waals surface area contributed by atoms with Crippen LogP contribution >= 0.6 is 0 Å². The van der Waals surface area contributed by atoms with Gasteiger partial charge in [-0.3, -0.25) is 0 Å². The minimum Gasteiger partial charge on any atom is -0.496 e. The van der Waals surface area contributed by atoms with Crippen LogP contribution in [0.2, 0.25) is 0 Å². The maximum absolute atomic E-state index is 12.3. The summed E-state index contributed by atoms with van der Waals surface area (Å²) in [6.45, 7) is 4.00. The summed E-state index contributed by atoms with van der Waals surface area (Å²) in [5.74, 6) is 1.85. The predicted molar refractivity (Wildman–Crippen MR) is 85.3 cm³/mol. The minimum atomic E-state index is -0.125. The Morgan fingerprint density at radius 3 is 2.43 bits per heavy atom. The number of carbonyl (C=O) groups excluding carboxylic acids is 1. The van der Waals surface area contributed by atoms with E-state index in [0.717, 1.165) is 5.56 Å². The van der Waals surface area contributed by atoms with Crippen LogP contribution in [0.3, 0.4) is 0 Å². The summed E-state index contributed by atoms with van der Waals surface area (Å²) >= 11 is 0. The Morgan fingerprint density at radius 2 is 1.91 bits per heavy atom. The highest BCUT2D eigenvalue weighted by Crippen LogP contribution is 2.33. The molecule has 2 amide bonds. The zero-order valence-corrected chi connectivity index (χ0v) is 14.0. The quantitative estimate of drug-likeness (QED) is 0.892. The van der Waals surface area contributed by atoms with Crippen molar-refractivity contribution in [3.8, 4) is 17.2 Å². The molecule has 0 saturated carbocycles. The van der Waals surface area contributed by atoms with Crippen LogP contribution in [0.15, 0.2) is 12.1 Å². The van der Waals surface area contributed by atoms with Crippen molar-refractivity contribution in [2.24, 2.45) is 0 Å². The van der Waals surface area contributed by atoms with Gasteiger partial charge in [0, 0.05) is 25.2 Å². The van der Waals surface area contributed by atoms with E-state index in [9.17, 15) is 4.79 Å². The standard InChI is InChI=1S/C16H24N2O5/c1-11-10-18(5-6-23-11)16(19)17-9-13-14(21-3)7-12(20-2)8-15(13)22-4/h7-8,11H,5-6,9-10H2,1-4H3,(H,17,19)/t11-/m0/s1. The highest BCUT2D eigenvalue weighted by Gasteiger charge is 2.22. The molecule has 1 heterocycles. The Bertz CT molecular complexity index is 524. The number of amides is 2. The van der Waals surface area contributed by atoms with E-state index in [4.69, 9.17) is 18.9 Å². The fraction of sp³-hybridized carbons (Fsp3) is 0.562. The van der Waals surface area contributed by atoms with E-state index in [1.165, 1.54) is 0 Å². The number of nitrogens with one attached hydrogen (secondary N) is 1. The van der Waals surface area contributed by atoms with Crippen molar-refractivity contribution < 1.29 is 23.7 Å². The first-order valence-electron chi connectivity index (χ1n) is 7.52. The fourth-order valence-corrected chi connectivity index (χ4v) is 2.53. The van der Waals surface area contributed by atoms with Gasteiger partial charge >= 0.3 is 6.03 Å². The second-order valence-corrected chi connectivity index (χ2v) is 5.30. The SMILES string of the molecule is COc1cc(OC)c(CNC(=O)N2CCO[C@@H](C)C2)c(OC)c1. The Balaban J connectivity index is 2.08. The van der Waals surface area contributed by atoms with Crippen LogP contribution in [-0.2, 0) is 11.3 Å². The zero-order chi connectivity index (χ0) is 16.8. The molecular weight excluding hydrogens is 300 g/mol. The highest BCUT2D eigenvalue weighted by atomic mass is 16.5. The van der Waals surface area contributed by atoms with Gasteiger partial charge in [-0.1, -0.05) is 0 Å². The lowest BCUT2D eigenvalue weighted by Crippen LogP contribution is -2.48. The monoisotopic (exact) mass is 324 g/mol. The number of morpholine rings is 1. The van der Waals surface area contributed by atoms with E-state index in [1.807, 2.05) is 6.92 Å². The average molecular weight is 324 g/mol. The highest BCUT2D eigenvalue weighted by molar-refractivity contribution is 5.74. The smallest absolute Gasteiger partial charge is 0.317 e. The maximum atomic E-state index is 12.3. The lowest BCUT2D eigenvalue weighted by Gasteiger charge is -2.31. The number of methoxy groups -OCH3 is 3. The zero-order valence-electron chi connectivity index (χ0n) is 14.0. The van der Waals surface area contributed by atoms with Crippen LogP contribution in [0.25, 0.3) is 0 Å². The van der Waals surface area contributed by atoms with Crippen LogP contribution in [0.1, 0.15) is 12.5 Å². The first-order valence-corrected chi connectivity index (χ1v) is 7.52. The number of benzene rings is 1. The van der Waals surface area contributed by atoms with E-state index in [1.54, 1.807) is 38.4 Å². The molecule has 0 spiro atoms. The van der Waals surface area contributed by atoms with Crippen molar-refractivity contribution >= 4 is 6.03 Å². The largest absolute Gasteiger partial charge is 0.496 e. The fourth-order valence-electron chi connectivity index (χ4n) is 2.53. The summed E-state index contributed by atoms with van der Waals surface area (Å²) in [6, 6.07) is 3.40. The summed E-state index contributed by atoms with van der Waals surface area (Å²) in [6.07, 6.45) is 0.0551. The van der Waals surface area contributed by atoms with Gasteiger partial charge in [-0.05, 0) is 6.92 Å². The van der Waals surface area contributed by atoms with E-state index < -0.39 is 0 Å². The maximum Gasteiger partial charge on any atom is 0.317 e. The van der Waals surface area contributed by atoms with Gasteiger partial charge in [-0.25, -0.2) is 4.79 Å². The molecule has 1 saturated heterocycles. The average Bonchev–Trinajstić information content (AvgIpc) is 2.58. The molecule has 1 fully saturated rings. The summed E-state index contributed by atoms with van der Waals surface area (Å²) in [7, 11) is 4.72. The van der Waals surface area contributed by atoms with Gasteiger partial charge in [0.1, 0.15) is 17.2 Å². The van der Waals surface area contributed by atoms with E-state index >= 15 is 0 Å². The first-order chi connectivity index (χ1) is 11.1. The Labute approximate surface area is 136 Å². The van der Waals surface area contributed by atoms with Crippen LogP contribution in [0.5, 0.6) is 17.2 Å². The van der Waals surface area contributed by atoms with Crippen LogP contribution in [0, 0.1) is 0 Å². The molecule has 23 heavy (non-hydrogen) atoms. The van der Waals surface area contributed by atoms with Gasteiger partial charge < -0.3 is 29.2 Å². The molecule has 1 aliphatic rings. The van der Waals surface area contributed by atoms with Crippen molar-refractivity contribution in [1.82, 2.24) is 10.2 Å². The van der Waals surface area contributed by atoms with Crippen LogP contribution in [0.4, 0.5) is 4.79 Å². The lowest BCUT2D eigenvalue weighted by atomic mass is 10.1. The third-order valence-electron chi connectivity index (χ3n) is 3.76. The summed E-state index contributed by atoms with van der Waals surface area (Å²) in [5, 5.41) is 2.91. The Kier molecular flexibility index (Phi) is 5.92. The molecule has 1 aromatic rings. The van der Waals surface area contributed by atoms with Gasteiger partial charge in [-0.15, -0.1) is 0 Å². The first kappa shape index (κ1) is 17.2. The third kappa shape index (κ3) is 4.19. The molecule has 1 aromatic carbocycles. The number of ether oxygens (including phenoxy) is 4. The summed E-state index contributed by atoms with van der Waals surface area (Å²) in [5.41, 5.74) is 0.769. The normalized spacial score (nSPS) is 17.6. The Morgan fingerprint density at radius 1 is 1.26 bits per heavy atom. The number of carbonyl (C=O) groups is 1. The number of hydrogen-bond acceptors (Lipinski definition) is 5. The second-order valence-electron chi connectivity index (χ2n) is 5.30. The van der Waals surface area contributed by atoms with Crippen molar-refractivity contribution in [3.05, 3.63) is 17.7 Å². The molecule has 1 aliphatic heterocycles. The van der Waals surface area contributed by atoms with Crippen molar-refractivity contribution in [3.63, 3.8) is 0 Å². The van der Waals surface area contributed by atoms with Gasteiger partial charge in [0.2, 0.25) is 0 Å². The van der Waals surface area contributed by atoms with Crippen LogP contribution in [-0.4, -0.2) is 58.1 Å². The number of hydrogen-bond donors (Lipinski definition) is 1. The molecule has 128 valence electrons. The third-order valence-corrected chi connectivity index (χ3v) is 3.76. The predicted octanol–water partition coefficient (Wildman–Crippen LogP) is 1.64. The molecule has 0 bridgehead atoms. The van der Waals surface area contributed by atoms with Crippen molar-refractivity contribution in [2.45, 2.75) is 19.6 Å². The van der Waals surface area contributed by atoms with Crippen LogP contribution < -0.4 is 19.5 Å². The van der Waals surface area contributed by atoms with Gasteiger partial charge in [0.15, 0.2) is 0 Å². The second kappa shape index (κ2) is 7.92. The molecule has 0 aliphatic carbocycles. The van der Waals surface area contributed by atoms with E-state index in [0.29, 0.717) is 43.5 Å². The molecule has 7 nitrogen and oxygen atoms in total. The summed E-state index contributed by atoms with van der Waals surface area (Å²) < 4.78 is 21.4. The van der Waals surface area contributed by atoms with Crippen molar-refractivity contribution in [1.29, 1.82) is 0 Å². The molecule has 2 rings (SSSR count). The van der Waals surface area contributed by atoms with Crippen molar-refractivity contribution in [2.75, 3.05) is 41.0 Å². The molecule has 7 heteroatoms. The number of urea groups is 1. The van der Waals surface area contributed by atoms with E-state index in [2.05, 4.69) is 5.32 Å².